The van der Waals surface area contributed by atoms with E-state index in [2.05, 4.69) is 0 Å². The highest BCUT2D eigenvalue weighted by Crippen LogP contribution is 2.37. The lowest BCUT2D eigenvalue weighted by atomic mass is 10.0. The third-order valence-corrected chi connectivity index (χ3v) is 4.43. The molecule has 1 aromatic carbocycles. The van der Waals surface area contributed by atoms with Gasteiger partial charge in [-0.25, -0.2) is 0 Å². The summed E-state index contributed by atoms with van der Waals surface area (Å²) in [5.74, 6) is 0.184. The largest absolute Gasteiger partial charge is 0.461 e. The number of carbonyl (C=O) groups excluding carboxylic acids is 2. The maximum absolute atomic E-state index is 12.4. The summed E-state index contributed by atoms with van der Waals surface area (Å²) in [7, 11) is 0. The van der Waals surface area contributed by atoms with Crippen molar-refractivity contribution in [3.63, 3.8) is 0 Å². The Morgan fingerprint density at radius 3 is 2.88 bits per heavy atom. The number of benzene rings is 1. The molecule has 0 aromatic heterocycles. The molecule has 2 heterocycles. The van der Waals surface area contributed by atoms with Gasteiger partial charge in [0, 0.05) is 24.7 Å². The number of fused-ring (bicyclic) bond motifs is 1. The zero-order valence-corrected chi connectivity index (χ0v) is 14.2. The van der Waals surface area contributed by atoms with Gasteiger partial charge in [0.25, 0.3) is 0 Å². The molecule has 0 N–H and O–H groups in total. The van der Waals surface area contributed by atoms with Crippen LogP contribution in [-0.4, -0.2) is 31.3 Å². The Hall–Kier alpha value is -2.75. The monoisotopic (exact) mass is 344 g/mol. The van der Waals surface area contributed by atoms with Crippen LogP contribution in [0.15, 0.2) is 18.2 Å². The summed E-state index contributed by atoms with van der Waals surface area (Å²) in [4.78, 5) is 26.3. The summed E-state index contributed by atoms with van der Waals surface area (Å²) in [6.07, 6.45) is -0.201. The lowest BCUT2D eigenvalue weighted by Gasteiger charge is -2.21. The molecule has 2 aliphatic heterocycles. The van der Waals surface area contributed by atoms with E-state index in [9.17, 15) is 9.59 Å². The summed E-state index contributed by atoms with van der Waals surface area (Å²) in [5, 5.41) is 8.85. The van der Waals surface area contributed by atoms with Crippen molar-refractivity contribution in [2.75, 3.05) is 18.2 Å². The summed E-state index contributed by atoms with van der Waals surface area (Å²) in [6, 6.07) is 7.29. The Morgan fingerprint density at radius 2 is 2.16 bits per heavy atom. The Morgan fingerprint density at radius 1 is 1.40 bits per heavy atom. The van der Waals surface area contributed by atoms with Crippen LogP contribution in [0.1, 0.15) is 26.7 Å². The van der Waals surface area contributed by atoms with Gasteiger partial charge in [-0.05, 0) is 18.1 Å². The lowest BCUT2D eigenvalue weighted by Crippen LogP contribution is -2.30. The van der Waals surface area contributed by atoms with Crippen molar-refractivity contribution in [2.45, 2.75) is 32.8 Å². The quantitative estimate of drug-likeness (QED) is 0.761. The van der Waals surface area contributed by atoms with Crippen molar-refractivity contribution >= 4 is 17.6 Å². The number of hydrogen-bond donors (Lipinski definition) is 0. The first kappa shape index (κ1) is 17.1. The highest BCUT2D eigenvalue weighted by molar-refractivity contribution is 5.99. The Balaban J connectivity index is 1.68. The van der Waals surface area contributed by atoms with Crippen LogP contribution in [0, 0.1) is 23.2 Å². The number of rotatable bonds is 5. The molecule has 0 unspecified atom stereocenters. The van der Waals surface area contributed by atoms with Gasteiger partial charge >= 0.3 is 5.97 Å². The van der Waals surface area contributed by atoms with E-state index in [-0.39, 0.29) is 38.0 Å². The fourth-order valence-electron chi connectivity index (χ4n) is 2.92. The minimum atomic E-state index is -0.530. The Bertz CT molecular complexity index is 725. The van der Waals surface area contributed by atoms with Crippen molar-refractivity contribution in [3.05, 3.63) is 18.2 Å². The topological polar surface area (TPSA) is 88.9 Å². The molecule has 1 fully saturated rings. The molecule has 132 valence electrons. The van der Waals surface area contributed by atoms with E-state index in [0.29, 0.717) is 17.2 Å². The van der Waals surface area contributed by atoms with Crippen LogP contribution >= 0.6 is 0 Å². The van der Waals surface area contributed by atoms with E-state index >= 15 is 0 Å². The van der Waals surface area contributed by atoms with Gasteiger partial charge in [-0.15, -0.1) is 0 Å². The molecule has 2 atom stereocenters. The van der Waals surface area contributed by atoms with Crippen LogP contribution in [0.5, 0.6) is 11.5 Å². The fourth-order valence-corrected chi connectivity index (χ4v) is 2.92. The van der Waals surface area contributed by atoms with E-state index < -0.39 is 18.0 Å². The maximum Gasteiger partial charge on any atom is 0.311 e. The van der Waals surface area contributed by atoms with Gasteiger partial charge in [-0.3, -0.25) is 9.59 Å². The first-order chi connectivity index (χ1) is 12.0. The molecule has 1 amide bonds. The normalized spacial score (nSPS) is 19.8. The molecule has 1 saturated heterocycles. The molecular formula is C18H20N2O5. The van der Waals surface area contributed by atoms with E-state index in [1.54, 1.807) is 23.1 Å². The molecular weight excluding hydrogens is 324 g/mol. The van der Waals surface area contributed by atoms with Crippen LogP contribution in [0.25, 0.3) is 0 Å². The number of amides is 1. The number of carbonyl (C=O) groups is 2. The van der Waals surface area contributed by atoms with E-state index in [1.165, 1.54) is 0 Å². The van der Waals surface area contributed by atoms with Crippen molar-refractivity contribution < 1.29 is 23.8 Å². The molecule has 0 aliphatic carbocycles. The van der Waals surface area contributed by atoms with Gasteiger partial charge in [0.2, 0.25) is 12.7 Å². The second-order valence-corrected chi connectivity index (χ2v) is 6.52. The number of nitrogens with zero attached hydrogens (tertiary/aromatic N) is 2. The highest BCUT2D eigenvalue weighted by Gasteiger charge is 2.37. The number of esters is 1. The van der Waals surface area contributed by atoms with Gasteiger partial charge in [-0.2, -0.15) is 5.26 Å². The standard InChI is InChI=1S/C18H20N2O5/c1-11(2)14(5-6-19)25-18(22)12-7-17(21)20(9-12)13-3-4-15-16(8-13)24-10-23-15/h3-4,8,11-12,14H,5,7,9-10H2,1-2H3/t12-,14+/m1/s1. The van der Waals surface area contributed by atoms with Crippen molar-refractivity contribution in [3.8, 4) is 17.6 Å². The van der Waals surface area contributed by atoms with E-state index in [1.807, 2.05) is 19.9 Å². The molecule has 0 saturated carbocycles. The number of ether oxygens (including phenoxy) is 3. The van der Waals surface area contributed by atoms with Crippen molar-refractivity contribution in [2.24, 2.45) is 11.8 Å². The van der Waals surface area contributed by atoms with E-state index in [0.717, 1.165) is 0 Å². The first-order valence-corrected chi connectivity index (χ1v) is 8.27. The molecule has 3 rings (SSSR count). The third kappa shape index (κ3) is 3.53. The zero-order chi connectivity index (χ0) is 18.0. The van der Waals surface area contributed by atoms with Crippen LogP contribution in [0.3, 0.4) is 0 Å². The predicted octanol–water partition coefficient (Wildman–Crippen LogP) is 2.25. The third-order valence-electron chi connectivity index (χ3n) is 4.43. The minimum Gasteiger partial charge on any atom is -0.461 e. The maximum atomic E-state index is 12.4. The SMILES string of the molecule is CC(C)[C@H](CC#N)OC(=O)[C@@H]1CC(=O)N(c2ccc3c(c2)OCO3)C1. The van der Waals surface area contributed by atoms with Crippen LogP contribution in [0.4, 0.5) is 5.69 Å². The highest BCUT2D eigenvalue weighted by atomic mass is 16.7. The smallest absolute Gasteiger partial charge is 0.311 e. The summed E-state index contributed by atoms with van der Waals surface area (Å²) in [6.45, 7) is 4.22. The average Bonchev–Trinajstić information content (AvgIpc) is 3.19. The molecule has 1 aromatic rings. The summed E-state index contributed by atoms with van der Waals surface area (Å²) < 4.78 is 16.1. The molecule has 0 bridgehead atoms. The fraction of sp³-hybridized carbons (Fsp3) is 0.500. The number of anilines is 1. The van der Waals surface area contributed by atoms with Crippen LogP contribution in [0.2, 0.25) is 0 Å². The Kier molecular flexibility index (Phi) is 4.79. The molecule has 0 radical (unpaired) electrons. The zero-order valence-electron chi connectivity index (χ0n) is 14.2. The van der Waals surface area contributed by atoms with Crippen LogP contribution in [-0.2, 0) is 14.3 Å². The van der Waals surface area contributed by atoms with Gasteiger partial charge < -0.3 is 19.1 Å². The first-order valence-electron chi connectivity index (χ1n) is 8.27. The van der Waals surface area contributed by atoms with Gasteiger partial charge in [0.05, 0.1) is 18.4 Å². The van der Waals surface area contributed by atoms with Crippen molar-refractivity contribution in [1.29, 1.82) is 5.26 Å². The molecule has 0 spiro atoms. The average molecular weight is 344 g/mol. The second-order valence-electron chi connectivity index (χ2n) is 6.52. The molecule has 7 nitrogen and oxygen atoms in total. The number of hydrogen-bond acceptors (Lipinski definition) is 6. The van der Waals surface area contributed by atoms with Crippen molar-refractivity contribution in [1.82, 2.24) is 0 Å². The minimum absolute atomic E-state index is 0.0469. The van der Waals surface area contributed by atoms with E-state index in [4.69, 9.17) is 19.5 Å². The molecule has 2 aliphatic rings. The second kappa shape index (κ2) is 7.01. The van der Waals surface area contributed by atoms with Gasteiger partial charge in [0.15, 0.2) is 11.5 Å². The van der Waals surface area contributed by atoms with Gasteiger partial charge in [-0.1, -0.05) is 13.8 Å². The molecule has 7 heteroatoms. The van der Waals surface area contributed by atoms with Crippen LogP contribution < -0.4 is 14.4 Å². The summed E-state index contributed by atoms with van der Waals surface area (Å²) in [5.41, 5.74) is 0.669. The predicted molar refractivity (Wildman–Crippen MR) is 88.0 cm³/mol. The molecule has 25 heavy (non-hydrogen) atoms. The summed E-state index contributed by atoms with van der Waals surface area (Å²) >= 11 is 0. The number of nitriles is 1. The Labute approximate surface area is 146 Å². The van der Waals surface area contributed by atoms with Gasteiger partial charge in [0.1, 0.15) is 6.10 Å². The lowest BCUT2D eigenvalue weighted by molar-refractivity contribution is -0.155.